The maximum Gasteiger partial charge on any atom is 0.220 e. The van der Waals surface area contributed by atoms with Gasteiger partial charge in [-0.3, -0.25) is 4.79 Å². The Hall–Kier alpha value is -0.610. The summed E-state index contributed by atoms with van der Waals surface area (Å²) in [5.41, 5.74) is 0. The molecule has 3 saturated heterocycles. The summed E-state index contributed by atoms with van der Waals surface area (Å²) in [6.07, 6.45) is 6.81. The molecule has 0 saturated carbocycles. The number of ether oxygens (including phenoxy) is 1. The van der Waals surface area contributed by atoms with E-state index in [1.165, 1.54) is 25.7 Å². The third-order valence-corrected chi connectivity index (χ3v) is 4.77. The fourth-order valence-electron chi connectivity index (χ4n) is 3.79. The van der Waals surface area contributed by atoms with Gasteiger partial charge in [0.05, 0.1) is 12.1 Å². The number of rotatable bonds is 3. The Balaban J connectivity index is 1.46. The molecule has 18 heavy (non-hydrogen) atoms. The van der Waals surface area contributed by atoms with Crippen molar-refractivity contribution in [2.45, 2.75) is 69.7 Å². The van der Waals surface area contributed by atoms with Crippen molar-refractivity contribution >= 4 is 5.91 Å². The molecule has 4 atom stereocenters. The van der Waals surface area contributed by atoms with E-state index in [9.17, 15) is 4.79 Å². The number of carbonyl (C=O) groups excluding carboxylic acids is 1. The van der Waals surface area contributed by atoms with Crippen molar-refractivity contribution in [1.82, 2.24) is 10.6 Å². The highest BCUT2D eigenvalue weighted by Crippen LogP contribution is 2.32. The molecule has 0 aliphatic carbocycles. The third-order valence-electron chi connectivity index (χ3n) is 4.77. The summed E-state index contributed by atoms with van der Waals surface area (Å²) in [5.74, 6) is 0.810. The molecular formula is C14H24N2O2. The molecule has 2 N–H and O–H groups in total. The molecule has 102 valence electrons. The second-order valence-electron chi connectivity index (χ2n) is 6.22. The molecule has 4 nitrogen and oxygen atoms in total. The second kappa shape index (κ2) is 5.17. The molecule has 0 aromatic carbocycles. The van der Waals surface area contributed by atoms with Crippen LogP contribution in [-0.4, -0.2) is 36.7 Å². The van der Waals surface area contributed by atoms with Gasteiger partial charge in [0, 0.05) is 25.1 Å². The van der Waals surface area contributed by atoms with E-state index in [4.69, 9.17) is 4.74 Å². The van der Waals surface area contributed by atoms with Gasteiger partial charge in [-0.2, -0.15) is 0 Å². The lowest BCUT2D eigenvalue weighted by Gasteiger charge is -2.29. The number of amides is 1. The van der Waals surface area contributed by atoms with Crippen molar-refractivity contribution in [3.63, 3.8) is 0 Å². The van der Waals surface area contributed by atoms with Crippen LogP contribution in [0.5, 0.6) is 0 Å². The normalized spacial score (nSPS) is 43.1. The van der Waals surface area contributed by atoms with Crippen molar-refractivity contribution in [3.8, 4) is 0 Å². The molecule has 1 amide bonds. The molecule has 0 spiro atoms. The van der Waals surface area contributed by atoms with Crippen molar-refractivity contribution in [2.24, 2.45) is 5.92 Å². The maximum atomic E-state index is 12.1. The minimum atomic E-state index is 0.179. The Kier molecular flexibility index (Phi) is 3.57. The van der Waals surface area contributed by atoms with Gasteiger partial charge in [0.2, 0.25) is 5.91 Å². The van der Waals surface area contributed by atoms with E-state index in [2.05, 4.69) is 10.6 Å². The van der Waals surface area contributed by atoms with E-state index in [0.717, 1.165) is 13.0 Å². The predicted octanol–water partition coefficient (Wildman–Crippen LogP) is 1.20. The highest BCUT2D eigenvalue weighted by Gasteiger charge is 2.34. The van der Waals surface area contributed by atoms with Crippen LogP contribution in [0.1, 0.15) is 45.4 Å². The zero-order valence-electron chi connectivity index (χ0n) is 11.2. The van der Waals surface area contributed by atoms with Crippen molar-refractivity contribution in [1.29, 1.82) is 0 Å². The Bertz CT molecular complexity index is 309. The highest BCUT2D eigenvalue weighted by atomic mass is 16.5. The molecule has 4 unspecified atom stereocenters. The van der Waals surface area contributed by atoms with Gasteiger partial charge in [0.25, 0.3) is 0 Å². The van der Waals surface area contributed by atoms with Gasteiger partial charge in [0.15, 0.2) is 0 Å². The molecular weight excluding hydrogens is 228 g/mol. The summed E-state index contributed by atoms with van der Waals surface area (Å²) >= 11 is 0. The standard InChI is InChI=1S/C14H24N2O2/c1-9-13(4-5-18-9)16-14(17)8-10-6-11-2-3-12(7-10)15-11/h9-13,15H,2-8H2,1H3,(H,16,17). The van der Waals surface area contributed by atoms with Crippen LogP contribution in [0, 0.1) is 5.92 Å². The smallest absolute Gasteiger partial charge is 0.220 e. The molecule has 0 aromatic heterocycles. The Morgan fingerprint density at radius 1 is 1.28 bits per heavy atom. The van der Waals surface area contributed by atoms with E-state index in [-0.39, 0.29) is 18.1 Å². The molecule has 3 aliphatic rings. The first-order valence-electron chi connectivity index (χ1n) is 7.37. The topological polar surface area (TPSA) is 50.4 Å². The quantitative estimate of drug-likeness (QED) is 0.793. The van der Waals surface area contributed by atoms with Gasteiger partial charge >= 0.3 is 0 Å². The third kappa shape index (κ3) is 2.69. The first kappa shape index (κ1) is 12.4. The van der Waals surface area contributed by atoms with Gasteiger partial charge in [-0.05, 0) is 44.9 Å². The van der Waals surface area contributed by atoms with Crippen LogP contribution in [0.25, 0.3) is 0 Å². The fraction of sp³-hybridized carbons (Fsp3) is 0.929. The Morgan fingerprint density at radius 2 is 2.00 bits per heavy atom. The van der Waals surface area contributed by atoms with Gasteiger partial charge < -0.3 is 15.4 Å². The van der Waals surface area contributed by atoms with E-state index >= 15 is 0 Å². The first-order valence-corrected chi connectivity index (χ1v) is 7.37. The van der Waals surface area contributed by atoms with Gasteiger partial charge in [-0.15, -0.1) is 0 Å². The van der Waals surface area contributed by atoms with E-state index in [1.54, 1.807) is 0 Å². The fourth-order valence-corrected chi connectivity index (χ4v) is 3.79. The van der Waals surface area contributed by atoms with Gasteiger partial charge in [-0.1, -0.05) is 0 Å². The first-order chi connectivity index (χ1) is 8.70. The van der Waals surface area contributed by atoms with Crippen LogP contribution in [0.2, 0.25) is 0 Å². The molecule has 4 heteroatoms. The second-order valence-corrected chi connectivity index (χ2v) is 6.22. The summed E-state index contributed by atoms with van der Waals surface area (Å²) in [6.45, 7) is 2.83. The Labute approximate surface area is 109 Å². The van der Waals surface area contributed by atoms with Crippen molar-refractivity contribution in [2.75, 3.05) is 6.61 Å². The summed E-state index contributed by atoms with van der Waals surface area (Å²) in [6, 6.07) is 1.58. The molecule has 3 rings (SSSR count). The Morgan fingerprint density at radius 3 is 2.61 bits per heavy atom. The van der Waals surface area contributed by atoms with E-state index in [1.807, 2.05) is 6.92 Å². The number of hydrogen-bond donors (Lipinski definition) is 2. The van der Waals surface area contributed by atoms with E-state index < -0.39 is 0 Å². The highest BCUT2D eigenvalue weighted by molar-refractivity contribution is 5.76. The SMILES string of the molecule is CC1OCCC1NC(=O)CC1CC2CCC(C1)N2. The summed E-state index contributed by atoms with van der Waals surface area (Å²) in [5, 5.41) is 6.76. The van der Waals surface area contributed by atoms with Crippen LogP contribution >= 0.6 is 0 Å². The van der Waals surface area contributed by atoms with Crippen molar-refractivity contribution in [3.05, 3.63) is 0 Å². The largest absolute Gasteiger partial charge is 0.376 e. The predicted molar refractivity (Wildman–Crippen MR) is 69.2 cm³/mol. The van der Waals surface area contributed by atoms with Crippen LogP contribution in [0.3, 0.4) is 0 Å². The molecule has 3 heterocycles. The van der Waals surface area contributed by atoms with Crippen LogP contribution in [-0.2, 0) is 9.53 Å². The molecule has 3 aliphatic heterocycles. The number of nitrogens with one attached hydrogen (secondary N) is 2. The zero-order valence-corrected chi connectivity index (χ0v) is 11.2. The summed E-state index contributed by atoms with van der Waals surface area (Å²) in [4.78, 5) is 12.1. The number of fused-ring (bicyclic) bond motifs is 2. The van der Waals surface area contributed by atoms with Crippen LogP contribution < -0.4 is 10.6 Å². The monoisotopic (exact) mass is 252 g/mol. The molecule has 0 aromatic rings. The lowest BCUT2D eigenvalue weighted by Crippen LogP contribution is -2.42. The minimum Gasteiger partial charge on any atom is -0.376 e. The minimum absolute atomic E-state index is 0.179. The van der Waals surface area contributed by atoms with Crippen LogP contribution in [0.15, 0.2) is 0 Å². The molecule has 3 fully saturated rings. The lowest BCUT2D eigenvalue weighted by molar-refractivity contribution is -0.123. The zero-order chi connectivity index (χ0) is 12.5. The summed E-state index contributed by atoms with van der Waals surface area (Å²) < 4.78 is 5.48. The lowest BCUT2D eigenvalue weighted by atomic mass is 9.89. The number of piperidine rings is 1. The number of hydrogen-bond acceptors (Lipinski definition) is 3. The molecule has 2 bridgehead atoms. The maximum absolute atomic E-state index is 12.1. The average molecular weight is 252 g/mol. The number of carbonyl (C=O) groups is 1. The van der Waals surface area contributed by atoms with Crippen molar-refractivity contribution < 1.29 is 9.53 Å². The molecule has 0 radical (unpaired) electrons. The van der Waals surface area contributed by atoms with Gasteiger partial charge in [0.1, 0.15) is 0 Å². The van der Waals surface area contributed by atoms with E-state index in [0.29, 0.717) is 24.4 Å². The van der Waals surface area contributed by atoms with Gasteiger partial charge in [-0.25, -0.2) is 0 Å². The summed E-state index contributed by atoms with van der Waals surface area (Å²) in [7, 11) is 0. The average Bonchev–Trinajstić information content (AvgIpc) is 2.86. The van der Waals surface area contributed by atoms with Crippen LogP contribution in [0.4, 0.5) is 0 Å².